The van der Waals surface area contributed by atoms with Gasteiger partial charge in [-0.1, -0.05) is 18.2 Å². The Balaban J connectivity index is 1.92. The predicted molar refractivity (Wildman–Crippen MR) is 75.2 cm³/mol. The minimum Gasteiger partial charge on any atom is -0.326 e. The lowest BCUT2D eigenvalue weighted by atomic mass is 9.98. The zero-order valence-electron chi connectivity index (χ0n) is 11.3. The summed E-state index contributed by atoms with van der Waals surface area (Å²) in [5.41, 5.74) is 8.13. The molecule has 0 fully saturated rings. The highest BCUT2D eigenvalue weighted by Gasteiger charge is 2.30. The molecule has 2 aromatic rings. The van der Waals surface area contributed by atoms with Crippen LogP contribution >= 0.6 is 0 Å². The van der Waals surface area contributed by atoms with Crippen LogP contribution < -0.4 is 10.6 Å². The minimum absolute atomic E-state index is 0.0156. The van der Waals surface area contributed by atoms with Crippen molar-refractivity contribution >= 4 is 11.6 Å². The number of nitrogens with two attached hydrogens (primary N) is 1. The molecule has 6 heteroatoms. The lowest BCUT2D eigenvalue weighted by molar-refractivity contribution is -0.121. The van der Waals surface area contributed by atoms with Crippen molar-refractivity contribution in [1.82, 2.24) is 14.8 Å². The van der Waals surface area contributed by atoms with Crippen molar-refractivity contribution in [3.8, 4) is 0 Å². The molecule has 0 bridgehead atoms. The standard InChI is InChI=1S/C14H17N5O/c1-10(19-9-16-8-17-19)14(20)18-7-12(15)6-11-4-2-3-5-13(11)18/h2-5,8-10,12H,6-7,15H2,1H3. The van der Waals surface area contributed by atoms with Crippen LogP contribution in [0.3, 0.4) is 0 Å². The van der Waals surface area contributed by atoms with Crippen molar-refractivity contribution in [2.24, 2.45) is 5.73 Å². The van der Waals surface area contributed by atoms with Gasteiger partial charge in [0.05, 0.1) is 0 Å². The van der Waals surface area contributed by atoms with E-state index in [0.29, 0.717) is 6.54 Å². The van der Waals surface area contributed by atoms with Crippen LogP contribution in [0.15, 0.2) is 36.9 Å². The van der Waals surface area contributed by atoms with Gasteiger partial charge in [0, 0.05) is 18.3 Å². The number of para-hydroxylation sites is 1. The average molecular weight is 271 g/mol. The fourth-order valence-corrected chi connectivity index (χ4v) is 2.59. The van der Waals surface area contributed by atoms with E-state index in [-0.39, 0.29) is 11.9 Å². The Labute approximate surface area is 117 Å². The van der Waals surface area contributed by atoms with E-state index in [1.54, 1.807) is 15.9 Å². The molecule has 1 aromatic carbocycles. The monoisotopic (exact) mass is 271 g/mol. The molecule has 1 aliphatic heterocycles. The van der Waals surface area contributed by atoms with Crippen molar-refractivity contribution in [2.45, 2.75) is 25.4 Å². The summed E-state index contributed by atoms with van der Waals surface area (Å²) in [6, 6.07) is 7.48. The highest BCUT2D eigenvalue weighted by molar-refractivity contribution is 5.97. The Hall–Kier alpha value is -2.21. The largest absolute Gasteiger partial charge is 0.326 e. The molecule has 1 amide bonds. The summed E-state index contributed by atoms with van der Waals surface area (Å²) in [6.07, 6.45) is 3.79. The summed E-state index contributed by atoms with van der Waals surface area (Å²) < 4.78 is 1.56. The second-order valence-corrected chi connectivity index (χ2v) is 5.09. The van der Waals surface area contributed by atoms with Gasteiger partial charge in [-0.3, -0.25) is 4.79 Å². The molecule has 104 valence electrons. The first kappa shape index (κ1) is 12.8. The Kier molecular flexibility index (Phi) is 3.23. The number of carbonyl (C=O) groups is 1. The molecule has 0 saturated heterocycles. The minimum atomic E-state index is -0.393. The van der Waals surface area contributed by atoms with E-state index in [0.717, 1.165) is 17.7 Å². The van der Waals surface area contributed by atoms with Gasteiger partial charge in [0.1, 0.15) is 18.7 Å². The first-order valence-electron chi connectivity index (χ1n) is 6.66. The zero-order valence-corrected chi connectivity index (χ0v) is 11.3. The zero-order chi connectivity index (χ0) is 14.1. The van der Waals surface area contributed by atoms with Crippen LogP contribution in [-0.4, -0.2) is 33.3 Å². The van der Waals surface area contributed by atoms with E-state index < -0.39 is 6.04 Å². The second kappa shape index (κ2) is 5.05. The maximum atomic E-state index is 12.7. The molecule has 2 atom stereocenters. The molecule has 1 aliphatic rings. The lowest BCUT2D eigenvalue weighted by Crippen LogP contribution is -2.48. The Morgan fingerprint density at radius 3 is 3.00 bits per heavy atom. The van der Waals surface area contributed by atoms with Crippen molar-refractivity contribution in [1.29, 1.82) is 0 Å². The summed E-state index contributed by atoms with van der Waals surface area (Å²) >= 11 is 0. The molecular weight excluding hydrogens is 254 g/mol. The van der Waals surface area contributed by atoms with E-state index in [1.165, 1.54) is 6.33 Å². The summed E-state index contributed by atoms with van der Waals surface area (Å²) in [5, 5.41) is 4.03. The van der Waals surface area contributed by atoms with Gasteiger partial charge >= 0.3 is 0 Å². The molecule has 2 heterocycles. The van der Waals surface area contributed by atoms with Crippen LogP contribution in [0.1, 0.15) is 18.5 Å². The number of hydrogen-bond donors (Lipinski definition) is 1. The molecule has 0 aliphatic carbocycles. The summed E-state index contributed by atoms with van der Waals surface area (Å²) in [5.74, 6) is -0.0156. The van der Waals surface area contributed by atoms with Gasteiger partial charge < -0.3 is 10.6 Å². The number of carbonyl (C=O) groups excluding carboxylic acids is 1. The third-order valence-electron chi connectivity index (χ3n) is 3.64. The highest BCUT2D eigenvalue weighted by Crippen LogP contribution is 2.28. The Bertz CT molecular complexity index is 610. The summed E-state index contributed by atoms with van der Waals surface area (Å²) in [6.45, 7) is 2.36. The van der Waals surface area contributed by atoms with Crippen LogP contribution in [-0.2, 0) is 11.2 Å². The predicted octanol–water partition coefficient (Wildman–Crippen LogP) is 0.756. The van der Waals surface area contributed by atoms with E-state index in [1.807, 2.05) is 31.2 Å². The fourth-order valence-electron chi connectivity index (χ4n) is 2.59. The van der Waals surface area contributed by atoms with Crippen LogP contribution in [0.5, 0.6) is 0 Å². The fraction of sp³-hybridized carbons (Fsp3) is 0.357. The number of anilines is 1. The van der Waals surface area contributed by atoms with Gasteiger partial charge in [-0.2, -0.15) is 5.10 Å². The smallest absolute Gasteiger partial charge is 0.251 e. The molecule has 2 N–H and O–H groups in total. The average Bonchev–Trinajstić information content (AvgIpc) is 2.99. The SMILES string of the molecule is CC(C(=O)N1CC(N)Cc2ccccc21)n1cncn1. The van der Waals surface area contributed by atoms with E-state index in [9.17, 15) is 4.79 Å². The summed E-state index contributed by atoms with van der Waals surface area (Å²) in [4.78, 5) is 18.3. The topological polar surface area (TPSA) is 77.0 Å². The lowest BCUT2D eigenvalue weighted by Gasteiger charge is -2.34. The molecule has 2 unspecified atom stereocenters. The number of rotatable bonds is 2. The number of aromatic nitrogens is 3. The van der Waals surface area contributed by atoms with Crippen molar-refractivity contribution < 1.29 is 4.79 Å². The number of amides is 1. The Morgan fingerprint density at radius 1 is 1.45 bits per heavy atom. The van der Waals surface area contributed by atoms with Crippen molar-refractivity contribution in [3.05, 3.63) is 42.5 Å². The van der Waals surface area contributed by atoms with Crippen molar-refractivity contribution in [3.63, 3.8) is 0 Å². The molecule has 1 aromatic heterocycles. The van der Waals surface area contributed by atoms with Crippen LogP contribution in [0.2, 0.25) is 0 Å². The molecular formula is C14H17N5O. The number of nitrogens with zero attached hydrogens (tertiary/aromatic N) is 4. The van der Waals surface area contributed by atoms with Crippen LogP contribution in [0, 0.1) is 0 Å². The highest BCUT2D eigenvalue weighted by atomic mass is 16.2. The second-order valence-electron chi connectivity index (χ2n) is 5.09. The quantitative estimate of drug-likeness (QED) is 0.874. The summed E-state index contributed by atoms with van der Waals surface area (Å²) in [7, 11) is 0. The van der Waals surface area contributed by atoms with Crippen molar-refractivity contribution in [2.75, 3.05) is 11.4 Å². The molecule has 0 radical (unpaired) electrons. The van der Waals surface area contributed by atoms with E-state index in [4.69, 9.17) is 5.73 Å². The molecule has 20 heavy (non-hydrogen) atoms. The molecule has 0 spiro atoms. The first-order chi connectivity index (χ1) is 9.66. The van der Waals surface area contributed by atoms with E-state index in [2.05, 4.69) is 10.1 Å². The van der Waals surface area contributed by atoms with Gasteiger partial charge in [-0.25, -0.2) is 9.67 Å². The molecule has 6 nitrogen and oxygen atoms in total. The maximum absolute atomic E-state index is 12.7. The molecule has 0 saturated carbocycles. The van der Waals surface area contributed by atoms with Crippen LogP contribution in [0.4, 0.5) is 5.69 Å². The maximum Gasteiger partial charge on any atom is 0.251 e. The van der Waals surface area contributed by atoms with Gasteiger partial charge in [-0.05, 0) is 25.0 Å². The Morgan fingerprint density at radius 2 is 2.25 bits per heavy atom. The number of benzene rings is 1. The first-order valence-corrected chi connectivity index (χ1v) is 6.66. The van der Waals surface area contributed by atoms with Gasteiger partial charge in [-0.15, -0.1) is 0 Å². The number of hydrogen-bond acceptors (Lipinski definition) is 4. The molecule has 3 rings (SSSR count). The van der Waals surface area contributed by atoms with Gasteiger partial charge in [0.2, 0.25) is 0 Å². The normalized spacial score (nSPS) is 19.5. The number of fused-ring (bicyclic) bond motifs is 1. The van der Waals surface area contributed by atoms with Crippen LogP contribution in [0.25, 0.3) is 0 Å². The van der Waals surface area contributed by atoms with E-state index >= 15 is 0 Å². The third kappa shape index (κ3) is 2.18. The van der Waals surface area contributed by atoms with Gasteiger partial charge in [0.15, 0.2) is 0 Å². The van der Waals surface area contributed by atoms with Gasteiger partial charge in [0.25, 0.3) is 5.91 Å². The third-order valence-corrected chi connectivity index (χ3v) is 3.64.